The zero-order valence-corrected chi connectivity index (χ0v) is 18.7. The largest absolute Gasteiger partial charge is 0.454 e. The number of benzene rings is 2. The number of amides is 2. The van der Waals surface area contributed by atoms with Crippen LogP contribution in [0, 0.1) is 0 Å². The van der Waals surface area contributed by atoms with Gasteiger partial charge in [-0.2, -0.15) is 0 Å². The highest BCUT2D eigenvalue weighted by Gasteiger charge is 2.31. The first-order chi connectivity index (χ1) is 16.1. The number of thioether (sulfide) groups is 1. The third-order valence-corrected chi connectivity index (χ3v) is 6.67. The molecular weight excluding hydrogens is 442 g/mol. The molecule has 2 N–H and O–H groups in total. The van der Waals surface area contributed by atoms with E-state index in [1.807, 2.05) is 53.1 Å². The molecule has 10 heteroatoms. The van der Waals surface area contributed by atoms with Gasteiger partial charge in [0, 0.05) is 17.8 Å². The molecule has 0 aliphatic carbocycles. The van der Waals surface area contributed by atoms with E-state index in [1.165, 1.54) is 11.8 Å². The number of carbonyl (C=O) groups is 2. The number of hydrogen-bond acceptors (Lipinski definition) is 7. The first-order valence-electron chi connectivity index (χ1n) is 10.7. The second kappa shape index (κ2) is 9.14. The van der Waals surface area contributed by atoms with Crippen LogP contribution < -0.4 is 15.2 Å². The maximum Gasteiger partial charge on any atom is 0.240 e. The van der Waals surface area contributed by atoms with E-state index >= 15 is 0 Å². The number of likely N-dealkylation sites (tertiary alicyclic amines) is 1. The summed E-state index contributed by atoms with van der Waals surface area (Å²) >= 11 is 1.29. The van der Waals surface area contributed by atoms with E-state index in [0.717, 1.165) is 24.1 Å². The fourth-order valence-corrected chi connectivity index (χ4v) is 4.97. The fraction of sp³-hybridized carbons (Fsp3) is 0.304. The zero-order chi connectivity index (χ0) is 22.8. The van der Waals surface area contributed by atoms with Crippen LogP contribution in [-0.4, -0.2) is 56.6 Å². The van der Waals surface area contributed by atoms with E-state index in [0.29, 0.717) is 35.4 Å². The van der Waals surface area contributed by atoms with Crippen molar-refractivity contribution in [2.75, 3.05) is 19.1 Å². The minimum absolute atomic E-state index is 0.129. The highest BCUT2D eigenvalue weighted by molar-refractivity contribution is 7.99. The quantitative estimate of drug-likeness (QED) is 0.557. The smallest absolute Gasteiger partial charge is 0.240 e. The Labute approximate surface area is 194 Å². The van der Waals surface area contributed by atoms with Gasteiger partial charge >= 0.3 is 0 Å². The molecule has 2 aliphatic heterocycles. The number of piperidine rings is 1. The van der Waals surface area contributed by atoms with Gasteiger partial charge in [0.25, 0.3) is 0 Å². The topological polar surface area (TPSA) is 113 Å². The monoisotopic (exact) mass is 465 g/mol. The molecule has 3 aromatic rings. The maximum atomic E-state index is 12.9. The molecule has 1 aromatic heterocycles. The summed E-state index contributed by atoms with van der Waals surface area (Å²) in [7, 11) is 0. The van der Waals surface area contributed by atoms with Crippen molar-refractivity contribution in [3.05, 3.63) is 48.5 Å². The lowest BCUT2D eigenvalue weighted by molar-refractivity contribution is -0.138. The molecule has 9 nitrogen and oxygen atoms in total. The van der Waals surface area contributed by atoms with Crippen molar-refractivity contribution in [2.45, 2.75) is 30.5 Å². The van der Waals surface area contributed by atoms with Crippen LogP contribution in [0.4, 0.5) is 0 Å². The number of nitrogens with zero attached hydrogens (tertiary/aromatic N) is 4. The minimum atomic E-state index is -0.539. The van der Waals surface area contributed by atoms with Crippen molar-refractivity contribution in [1.29, 1.82) is 0 Å². The zero-order valence-electron chi connectivity index (χ0n) is 17.8. The van der Waals surface area contributed by atoms with Crippen LogP contribution in [0.15, 0.2) is 53.7 Å². The second-order valence-corrected chi connectivity index (χ2v) is 8.78. The third kappa shape index (κ3) is 4.25. The van der Waals surface area contributed by atoms with Gasteiger partial charge in [-0.1, -0.05) is 30.0 Å². The summed E-state index contributed by atoms with van der Waals surface area (Å²) in [6.45, 7) is 0.733. The van der Waals surface area contributed by atoms with Crippen LogP contribution in [-0.2, 0) is 9.59 Å². The lowest BCUT2D eigenvalue weighted by atomic mass is 10.0. The van der Waals surface area contributed by atoms with E-state index in [2.05, 4.69) is 10.2 Å². The van der Waals surface area contributed by atoms with Gasteiger partial charge in [-0.3, -0.25) is 14.2 Å². The first kappa shape index (κ1) is 21.3. The van der Waals surface area contributed by atoms with Gasteiger partial charge in [-0.15, -0.1) is 10.2 Å². The lowest BCUT2D eigenvalue weighted by Gasteiger charge is -2.33. The lowest BCUT2D eigenvalue weighted by Crippen LogP contribution is -2.51. The van der Waals surface area contributed by atoms with Gasteiger partial charge in [0.1, 0.15) is 6.04 Å². The van der Waals surface area contributed by atoms with Crippen molar-refractivity contribution >= 4 is 23.6 Å². The Kier molecular flexibility index (Phi) is 5.91. The second-order valence-electron chi connectivity index (χ2n) is 7.83. The standard InChI is InChI=1S/C23H23N5O4S/c24-21(30)17-8-4-5-11-27(17)20(29)13-33-23-26-25-22(28(23)16-6-2-1-3-7-16)15-9-10-18-19(12-15)32-14-31-18/h1-3,6-7,9-10,12,17H,4-5,8,11,13-14H2,(H2,24,30)/t17-/m0/s1. The summed E-state index contributed by atoms with van der Waals surface area (Å²) in [5.41, 5.74) is 7.22. The van der Waals surface area contributed by atoms with Gasteiger partial charge in [-0.25, -0.2) is 0 Å². The SMILES string of the molecule is NC(=O)[C@@H]1CCCCN1C(=O)CSc1nnc(-c2ccc3c(c2)OCO3)n1-c1ccccc1. The van der Waals surface area contributed by atoms with Crippen LogP contribution in [0.1, 0.15) is 19.3 Å². The summed E-state index contributed by atoms with van der Waals surface area (Å²) in [6, 6.07) is 14.8. The van der Waals surface area contributed by atoms with Crippen LogP contribution in [0.25, 0.3) is 17.1 Å². The Morgan fingerprint density at radius 2 is 1.88 bits per heavy atom. The van der Waals surface area contributed by atoms with Crippen molar-refractivity contribution in [2.24, 2.45) is 5.73 Å². The molecule has 0 spiro atoms. The summed E-state index contributed by atoms with van der Waals surface area (Å²) in [5, 5.41) is 9.37. The molecule has 1 fully saturated rings. The number of para-hydroxylation sites is 1. The van der Waals surface area contributed by atoms with E-state index in [4.69, 9.17) is 15.2 Å². The average molecular weight is 466 g/mol. The number of aromatic nitrogens is 3. The molecule has 1 saturated heterocycles. The molecule has 2 amide bonds. The van der Waals surface area contributed by atoms with E-state index in [-0.39, 0.29) is 18.5 Å². The molecule has 0 radical (unpaired) electrons. The summed E-state index contributed by atoms with van der Waals surface area (Å²) in [4.78, 5) is 26.3. The fourth-order valence-electron chi connectivity index (χ4n) is 4.13. The Morgan fingerprint density at radius 1 is 1.06 bits per heavy atom. The average Bonchev–Trinajstić information content (AvgIpc) is 3.49. The molecule has 3 heterocycles. The normalized spacial score (nSPS) is 17.2. The minimum Gasteiger partial charge on any atom is -0.454 e. The predicted octanol–water partition coefficient (Wildman–Crippen LogP) is 2.62. The van der Waals surface area contributed by atoms with Crippen molar-refractivity contribution in [3.63, 3.8) is 0 Å². The van der Waals surface area contributed by atoms with Gasteiger partial charge in [0.2, 0.25) is 18.6 Å². The third-order valence-electron chi connectivity index (χ3n) is 5.75. The van der Waals surface area contributed by atoms with Crippen LogP contribution in [0.5, 0.6) is 11.5 Å². The molecule has 1 atom stereocenters. The molecule has 2 aliphatic rings. The number of ether oxygens (including phenoxy) is 2. The Bertz CT molecular complexity index is 1180. The molecule has 5 rings (SSSR count). The van der Waals surface area contributed by atoms with Gasteiger partial charge in [-0.05, 0) is 49.6 Å². The Balaban J connectivity index is 1.43. The Hall–Kier alpha value is -3.53. The number of fused-ring (bicyclic) bond motifs is 1. The number of rotatable bonds is 6. The molecular formula is C23H23N5O4S. The maximum absolute atomic E-state index is 12.9. The van der Waals surface area contributed by atoms with E-state index in [1.54, 1.807) is 4.90 Å². The molecule has 0 unspecified atom stereocenters. The molecule has 33 heavy (non-hydrogen) atoms. The number of nitrogens with two attached hydrogens (primary N) is 1. The van der Waals surface area contributed by atoms with Crippen molar-refractivity contribution in [3.8, 4) is 28.6 Å². The Morgan fingerprint density at radius 3 is 2.70 bits per heavy atom. The highest BCUT2D eigenvalue weighted by Crippen LogP contribution is 2.37. The van der Waals surface area contributed by atoms with E-state index in [9.17, 15) is 9.59 Å². The predicted molar refractivity (Wildman–Crippen MR) is 122 cm³/mol. The van der Waals surface area contributed by atoms with Crippen LogP contribution >= 0.6 is 11.8 Å². The number of hydrogen-bond donors (Lipinski definition) is 1. The van der Waals surface area contributed by atoms with Gasteiger partial charge in [0.15, 0.2) is 22.5 Å². The van der Waals surface area contributed by atoms with E-state index < -0.39 is 11.9 Å². The molecule has 2 aromatic carbocycles. The number of primary amides is 1. The summed E-state index contributed by atoms with van der Waals surface area (Å²) < 4.78 is 12.8. The number of carbonyl (C=O) groups excluding carboxylic acids is 2. The van der Waals surface area contributed by atoms with Crippen molar-refractivity contribution < 1.29 is 19.1 Å². The van der Waals surface area contributed by atoms with Crippen LogP contribution in [0.3, 0.4) is 0 Å². The summed E-state index contributed by atoms with van der Waals surface area (Å²) in [5.74, 6) is 1.52. The first-order valence-corrected chi connectivity index (χ1v) is 11.7. The molecule has 170 valence electrons. The van der Waals surface area contributed by atoms with Gasteiger partial charge in [0.05, 0.1) is 5.75 Å². The van der Waals surface area contributed by atoms with Crippen molar-refractivity contribution in [1.82, 2.24) is 19.7 Å². The van der Waals surface area contributed by atoms with Gasteiger partial charge < -0.3 is 20.1 Å². The highest BCUT2D eigenvalue weighted by atomic mass is 32.2. The molecule has 0 saturated carbocycles. The van der Waals surface area contributed by atoms with Crippen LogP contribution in [0.2, 0.25) is 0 Å². The molecule has 0 bridgehead atoms. The summed E-state index contributed by atoms with van der Waals surface area (Å²) in [6.07, 6.45) is 2.38.